The van der Waals surface area contributed by atoms with Crippen molar-refractivity contribution in [3.05, 3.63) is 22.8 Å². The minimum Gasteiger partial charge on any atom is -0.442 e. The summed E-state index contributed by atoms with van der Waals surface area (Å²) in [5.41, 5.74) is -0.872. The molecule has 0 saturated heterocycles. The van der Waals surface area contributed by atoms with Gasteiger partial charge in [0.15, 0.2) is 5.75 Å². The number of hydrogen-bond donors (Lipinski definition) is 0. The van der Waals surface area contributed by atoms with E-state index in [4.69, 9.17) is 14.2 Å². The van der Waals surface area contributed by atoms with Gasteiger partial charge in [-0.05, 0) is 63.5 Å². The number of carbonyl (C=O) groups is 2. The molecule has 1 heterocycles. The van der Waals surface area contributed by atoms with Crippen molar-refractivity contribution < 1.29 is 23.8 Å². The van der Waals surface area contributed by atoms with Gasteiger partial charge < -0.3 is 14.2 Å². The van der Waals surface area contributed by atoms with E-state index in [1.165, 1.54) is 12.3 Å². The summed E-state index contributed by atoms with van der Waals surface area (Å²) in [7, 11) is 0. The minimum absolute atomic E-state index is 0.215. The molecule has 2 aromatic rings. The molecule has 2 rings (SSSR count). The van der Waals surface area contributed by atoms with Crippen LogP contribution in [-0.2, 0) is 9.47 Å². The molecule has 7 nitrogen and oxygen atoms in total. The first-order valence-corrected chi connectivity index (χ1v) is 8.46. The summed E-state index contributed by atoms with van der Waals surface area (Å²) < 4.78 is 17.4. The summed E-state index contributed by atoms with van der Waals surface area (Å²) in [6, 6.07) is 3.23. The highest BCUT2D eigenvalue weighted by Gasteiger charge is 2.23. The Hall–Kier alpha value is -2.09. The molecule has 0 atom stereocenters. The maximum absolute atomic E-state index is 12.3. The zero-order chi connectivity index (χ0) is 19.0. The van der Waals surface area contributed by atoms with Crippen LogP contribution in [0.5, 0.6) is 5.75 Å². The van der Waals surface area contributed by atoms with Gasteiger partial charge in [0.1, 0.15) is 11.2 Å². The lowest BCUT2D eigenvalue weighted by Gasteiger charge is -2.19. The van der Waals surface area contributed by atoms with Crippen molar-refractivity contribution in [3.63, 3.8) is 0 Å². The van der Waals surface area contributed by atoms with Crippen LogP contribution < -0.4 is 4.74 Å². The van der Waals surface area contributed by atoms with E-state index in [1.54, 1.807) is 47.6 Å². The second-order valence-electron chi connectivity index (χ2n) is 7.44. The molecule has 1 aromatic heterocycles. The molecular weight excluding hydrogens is 392 g/mol. The number of fused-ring (bicyclic) bond motifs is 1. The van der Waals surface area contributed by atoms with Gasteiger partial charge in [-0.2, -0.15) is 9.78 Å². The van der Waals surface area contributed by atoms with Gasteiger partial charge in [0.25, 0.3) is 0 Å². The molecule has 0 spiro atoms. The predicted molar refractivity (Wildman–Crippen MR) is 95.9 cm³/mol. The van der Waals surface area contributed by atoms with Crippen LogP contribution in [0.15, 0.2) is 22.8 Å². The van der Waals surface area contributed by atoms with E-state index in [-0.39, 0.29) is 5.75 Å². The first kappa shape index (κ1) is 19.2. The van der Waals surface area contributed by atoms with E-state index >= 15 is 0 Å². The van der Waals surface area contributed by atoms with Gasteiger partial charge in [0.05, 0.1) is 16.2 Å². The van der Waals surface area contributed by atoms with Crippen LogP contribution in [0.2, 0.25) is 0 Å². The van der Waals surface area contributed by atoms with Gasteiger partial charge in [0.2, 0.25) is 0 Å². The molecule has 0 amide bonds. The van der Waals surface area contributed by atoms with Crippen molar-refractivity contribution in [2.75, 3.05) is 0 Å². The third-order valence-electron chi connectivity index (χ3n) is 2.77. The van der Waals surface area contributed by atoms with Crippen molar-refractivity contribution in [3.8, 4) is 5.75 Å². The Morgan fingerprint density at radius 2 is 1.64 bits per heavy atom. The van der Waals surface area contributed by atoms with Crippen LogP contribution in [-0.4, -0.2) is 33.2 Å². The van der Waals surface area contributed by atoms with Crippen molar-refractivity contribution in [1.82, 2.24) is 9.78 Å². The van der Waals surface area contributed by atoms with Crippen LogP contribution in [0.4, 0.5) is 9.59 Å². The molecule has 1 aromatic carbocycles. The SMILES string of the molecule is CC(C)(C)OC(=O)Oc1cc2c(cnn2C(=O)OC(C)(C)C)cc1Br. The van der Waals surface area contributed by atoms with E-state index in [0.29, 0.717) is 15.4 Å². The average molecular weight is 413 g/mol. The minimum atomic E-state index is -0.837. The van der Waals surface area contributed by atoms with E-state index in [2.05, 4.69) is 21.0 Å². The predicted octanol–water partition coefficient (Wildman–Crippen LogP) is 4.90. The monoisotopic (exact) mass is 412 g/mol. The summed E-state index contributed by atoms with van der Waals surface area (Å²) >= 11 is 3.33. The highest BCUT2D eigenvalue weighted by atomic mass is 79.9. The van der Waals surface area contributed by atoms with Crippen molar-refractivity contribution in [1.29, 1.82) is 0 Å². The van der Waals surface area contributed by atoms with Gasteiger partial charge in [-0.25, -0.2) is 9.59 Å². The number of hydrogen-bond acceptors (Lipinski definition) is 6. The molecule has 0 radical (unpaired) electrons. The molecule has 25 heavy (non-hydrogen) atoms. The normalized spacial score (nSPS) is 12.1. The number of nitrogens with zero attached hydrogens (tertiary/aromatic N) is 2. The summed E-state index contributed by atoms with van der Waals surface area (Å²) in [4.78, 5) is 24.2. The Bertz CT molecular complexity index is 815. The van der Waals surface area contributed by atoms with E-state index in [1.807, 2.05) is 0 Å². The number of carbonyl (C=O) groups excluding carboxylic acids is 2. The Morgan fingerprint density at radius 1 is 1.04 bits per heavy atom. The third-order valence-corrected chi connectivity index (χ3v) is 3.39. The molecule has 0 N–H and O–H groups in total. The molecule has 8 heteroatoms. The largest absolute Gasteiger partial charge is 0.514 e. The van der Waals surface area contributed by atoms with Gasteiger partial charge in [-0.15, -0.1) is 0 Å². The fraction of sp³-hybridized carbons (Fsp3) is 0.471. The van der Waals surface area contributed by atoms with Crippen molar-refractivity contribution in [2.45, 2.75) is 52.7 Å². The van der Waals surface area contributed by atoms with Crippen LogP contribution in [0, 0.1) is 0 Å². The molecule has 0 aliphatic rings. The molecule has 0 aliphatic heterocycles. The van der Waals surface area contributed by atoms with Crippen molar-refractivity contribution in [2.24, 2.45) is 0 Å². The maximum atomic E-state index is 12.3. The maximum Gasteiger partial charge on any atom is 0.514 e. The molecule has 0 unspecified atom stereocenters. The summed E-state index contributed by atoms with van der Waals surface area (Å²) in [5, 5.41) is 4.74. The smallest absolute Gasteiger partial charge is 0.442 e. The molecule has 136 valence electrons. The highest BCUT2D eigenvalue weighted by molar-refractivity contribution is 9.10. The molecule has 0 aliphatic carbocycles. The van der Waals surface area contributed by atoms with Crippen LogP contribution in [0.3, 0.4) is 0 Å². The number of benzene rings is 1. The van der Waals surface area contributed by atoms with Crippen LogP contribution in [0.1, 0.15) is 41.5 Å². The van der Waals surface area contributed by atoms with E-state index in [9.17, 15) is 9.59 Å². The fourth-order valence-corrected chi connectivity index (χ4v) is 2.36. The second-order valence-corrected chi connectivity index (χ2v) is 8.30. The Morgan fingerprint density at radius 3 is 2.20 bits per heavy atom. The zero-order valence-electron chi connectivity index (χ0n) is 15.0. The lowest BCUT2D eigenvalue weighted by molar-refractivity contribution is 0.0205. The Kier molecular flexibility index (Phi) is 5.13. The number of halogens is 1. The third kappa shape index (κ3) is 5.19. The molecule has 0 bridgehead atoms. The lowest BCUT2D eigenvalue weighted by atomic mass is 10.2. The summed E-state index contributed by atoms with van der Waals surface area (Å²) in [6.07, 6.45) is 0.0743. The molecule has 0 fully saturated rings. The van der Waals surface area contributed by atoms with Crippen LogP contribution in [0.25, 0.3) is 10.9 Å². The van der Waals surface area contributed by atoms with Gasteiger partial charge >= 0.3 is 12.2 Å². The summed E-state index contributed by atoms with van der Waals surface area (Å²) in [6.45, 7) is 10.5. The molecular formula is C17H21BrN2O5. The first-order valence-electron chi connectivity index (χ1n) is 7.67. The quantitative estimate of drug-likeness (QED) is 0.489. The van der Waals surface area contributed by atoms with E-state index in [0.717, 1.165) is 4.68 Å². The number of ether oxygens (including phenoxy) is 3. The summed E-state index contributed by atoms with van der Waals surface area (Å²) in [5.74, 6) is 0.215. The zero-order valence-corrected chi connectivity index (χ0v) is 16.6. The molecule has 0 saturated carbocycles. The van der Waals surface area contributed by atoms with E-state index < -0.39 is 23.5 Å². The standard InChI is InChI=1S/C17H21BrN2O5/c1-16(2,3)24-14(21)20-12-8-13(11(18)7-10(12)9-19-20)23-15(22)25-17(4,5)6/h7-9H,1-6H3. The van der Waals surface area contributed by atoms with Gasteiger partial charge in [-0.3, -0.25) is 0 Å². The Balaban J connectivity index is 2.34. The van der Waals surface area contributed by atoms with Gasteiger partial charge in [0, 0.05) is 11.5 Å². The van der Waals surface area contributed by atoms with Gasteiger partial charge in [-0.1, -0.05) is 0 Å². The number of aromatic nitrogens is 2. The average Bonchev–Trinajstić information content (AvgIpc) is 2.77. The Labute approximate surface area is 154 Å². The first-order chi connectivity index (χ1) is 11.4. The number of rotatable bonds is 1. The van der Waals surface area contributed by atoms with Crippen molar-refractivity contribution >= 4 is 39.1 Å². The highest BCUT2D eigenvalue weighted by Crippen LogP contribution is 2.31. The topological polar surface area (TPSA) is 79.7 Å². The fourth-order valence-electron chi connectivity index (χ4n) is 1.92. The second kappa shape index (κ2) is 6.67. The lowest BCUT2D eigenvalue weighted by Crippen LogP contribution is -2.27. The van der Waals surface area contributed by atoms with Crippen LogP contribution >= 0.6 is 15.9 Å².